The Morgan fingerprint density at radius 3 is 2.44 bits per heavy atom. The lowest BCUT2D eigenvalue weighted by atomic mass is 10.2. The highest BCUT2D eigenvalue weighted by Crippen LogP contribution is 2.33. The van der Waals surface area contributed by atoms with Gasteiger partial charge in [0.15, 0.2) is 11.6 Å². The zero-order chi connectivity index (χ0) is 18.0. The third-order valence-corrected chi connectivity index (χ3v) is 3.86. The Bertz CT molecular complexity index is 1020. The van der Waals surface area contributed by atoms with Gasteiger partial charge in [-0.1, -0.05) is 0 Å². The van der Waals surface area contributed by atoms with Crippen LogP contribution < -0.4 is 19.3 Å². The number of pyridine rings is 1. The molecular formula is C16H14FN3O4S. The molecule has 7 nitrogen and oxygen atoms in total. The lowest BCUT2D eigenvalue weighted by molar-refractivity contribution is 0.388. The molecular weight excluding hydrogens is 349 g/mol. The topological polar surface area (TPSA) is 104 Å². The summed E-state index contributed by atoms with van der Waals surface area (Å²) in [6, 6.07) is 10.8. The number of methoxy groups -OCH3 is 1. The molecule has 130 valence electrons. The third-order valence-electron chi connectivity index (χ3n) is 3.34. The Kier molecular flexibility index (Phi) is 4.43. The van der Waals surface area contributed by atoms with Crippen molar-refractivity contribution in [1.82, 2.24) is 4.98 Å². The number of halogens is 1. The summed E-state index contributed by atoms with van der Waals surface area (Å²) >= 11 is 0. The Hall–Kier alpha value is -2.91. The minimum absolute atomic E-state index is 0.0931. The van der Waals surface area contributed by atoms with E-state index in [1.54, 1.807) is 24.3 Å². The second-order valence-electron chi connectivity index (χ2n) is 5.06. The summed E-state index contributed by atoms with van der Waals surface area (Å²) in [6.45, 7) is 0. The number of nitrogens with two attached hydrogens (primary N) is 1. The van der Waals surface area contributed by atoms with E-state index in [2.05, 4.69) is 9.71 Å². The number of hydrogen-bond donors (Lipinski definition) is 2. The molecule has 0 amide bonds. The van der Waals surface area contributed by atoms with Gasteiger partial charge in [0.2, 0.25) is 0 Å². The van der Waals surface area contributed by atoms with E-state index in [1.807, 2.05) is 0 Å². The van der Waals surface area contributed by atoms with Gasteiger partial charge in [0.25, 0.3) is 10.2 Å². The summed E-state index contributed by atoms with van der Waals surface area (Å²) < 4.78 is 49.1. The van der Waals surface area contributed by atoms with Crippen molar-refractivity contribution in [3.63, 3.8) is 0 Å². The molecule has 0 saturated carbocycles. The van der Waals surface area contributed by atoms with Gasteiger partial charge in [-0.05, 0) is 42.5 Å². The highest BCUT2D eigenvalue weighted by Gasteiger charge is 2.13. The van der Waals surface area contributed by atoms with E-state index in [0.717, 1.165) is 0 Å². The third kappa shape index (κ3) is 3.78. The maximum atomic E-state index is 14.3. The summed E-state index contributed by atoms with van der Waals surface area (Å²) in [6.07, 6.45) is 1.43. The van der Waals surface area contributed by atoms with Gasteiger partial charge in [0.1, 0.15) is 17.0 Å². The average molecular weight is 363 g/mol. The predicted molar refractivity (Wildman–Crippen MR) is 91.5 cm³/mol. The molecule has 0 radical (unpaired) electrons. The first-order chi connectivity index (χ1) is 11.9. The first-order valence-corrected chi connectivity index (χ1v) is 8.61. The van der Waals surface area contributed by atoms with Crippen LogP contribution in [0.2, 0.25) is 0 Å². The molecule has 9 heteroatoms. The van der Waals surface area contributed by atoms with Crippen LogP contribution >= 0.6 is 0 Å². The molecule has 0 spiro atoms. The highest BCUT2D eigenvalue weighted by atomic mass is 32.2. The molecule has 3 aromatic rings. The molecule has 1 aromatic heterocycles. The van der Waals surface area contributed by atoms with Crippen molar-refractivity contribution < 1.29 is 22.3 Å². The molecule has 3 N–H and O–H groups in total. The molecule has 0 atom stereocenters. The second kappa shape index (κ2) is 6.54. The van der Waals surface area contributed by atoms with Gasteiger partial charge in [-0.15, -0.1) is 0 Å². The van der Waals surface area contributed by atoms with Gasteiger partial charge >= 0.3 is 0 Å². The van der Waals surface area contributed by atoms with Crippen molar-refractivity contribution >= 4 is 26.8 Å². The second-order valence-corrected chi connectivity index (χ2v) is 6.35. The lowest BCUT2D eigenvalue weighted by Gasteiger charge is -2.11. The van der Waals surface area contributed by atoms with Crippen LogP contribution in [0.1, 0.15) is 0 Å². The maximum Gasteiger partial charge on any atom is 0.296 e. The van der Waals surface area contributed by atoms with Crippen LogP contribution in [-0.2, 0) is 10.2 Å². The molecule has 1 heterocycles. The number of hydrogen-bond acceptors (Lipinski definition) is 5. The van der Waals surface area contributed by atoms with Crippen molar-refractivity contribution in [3.8, 4) is 17.2 Å². The van der Waals surface area contributed by atoms with Gasteiger partial charge in [0, 0.05) is 17.3 Å². The van der Waals surface area contributed by atoms with Crippen LogP contribution in [0.15, 0.2) is 48.7 Å². The van der Waals surface area contributed by atoms with Gasteiger partial charge in [-0.25, -0.2) is 9.53 Å². The number of nitrogens with zero attached hydrogens (tertiary/aromatic N) is 1. The molecule has 0 aliphatic heterocycles. The SMILES string of the molecule is COc1ccc2c(Oc3ccc(NS(N)(=O)=O)cc3)ccnc2c1F. The van der Waals surface area contributed by atoms with Crippen molar-refractivity contribution in [3.05, 3.63) is 54.5 Å². The fourth-order valence-corrected chi connectivity index (χ4v) is 2.73. The van der Waals surface area contributed by atoms with Crippen LogP contribution in [0.3, 0.4) is 0 Å². The van der Waals surface area contributed by atoms with Crippen molar-refractivity contribution in [1.29, 1.82) is 0 Å². The van der Waals surface area contributed by atoms with Crippen LogP contribution in [0.4, 0.5) is 10.1 Å². The van der Waals surface area contributed by atoms with Crippen molar-refractivity contribution in [2.24, 2.45) is 5.14 Å². The molecule has 0 bridgehead atoms. The summed E-state index contributed by atoms with van der Waals surface area (Å²) in [4.78, 5) is 4.02. The summed E-state index contributed by atoms with van der Waals surface area (Å²) in [5, 5.41) is 5.39. The normalized spacial score (nSPS) is 11.3. The highest BCUT2D eigenvalue weighted by molar-refractivity contribution is 7.90. The van der Waals surface area contributed by atoms with Gasteiger partial charge in [-0.3, -0.25) is 9.71 Å². The van der Waals surface area contributed by atoms with Crippen LogP contribution in [-0.4, -0.2) is 20.5 Å². The summed E-state index contributed by atoms with van der Waals surface area (Å²) in [5.41, 5.74) is 0.426. The predicted octanol–water partition coefficient (Wildman–Crippen LogP) is 2.79. The molecule has 25 heavy (non-hydrogen) atoms. The van der Waals surface area contributed by atoms with E-state index in [-0.39, 0.29) is 11.3 Å². The van der Waals surface area contributed by atoms with Crippen LogP contribution in [0, 0.1) is 5.82 Å². The first-order valence-electron chi connectivity index (χ1n) is 7.07. The number of fused-ring (bicyclic) bond motifs is 1. The Labute approximate surface area is 143 Å². The van der Waals surface area contributed by atoms with Gasteiger partial charge in [0.05, 0.1) is 7.11 Å². The minimum Gasteiger partial charge on any atom is -0.494 e. The number of ether oxygens (including phenoxy) is 2. The van der Waals surface area contributed by atoms with E-state index in [9.17, 15) is 12.8 Å². The summed E-state index contributed by atoms with van der Waals surface area (Å²) in [5.74, 6) is 0.358. The molecule has 2 aromatic carbocycles. The van der Waals surface area contributed by atoms with Crippen LogP contribution in [0.25, 0.3) is 10.9 Å². The van der Waals surface area contributed by atoms with E-state index in [4.69, 9.17) is 14.6 Å². The molecule has 0 fully saturated rings. The van der Waals surface area contributed by atoms with E-state index >= 15 is 0 Å². The van der Waals surface area contributed by atoms with Crippen molar-refractivity contribution in [2.75, 3.05) is 11.8 Å². The van der Waals surface area contributed by atoms with Crippen LogP contribution in [0.5, 0.6) is 17.2 Å². The zero-order valence-corrected chi connectivity index (χ0v) is 13.9. The van der Waals surface area contributed by atoms with E-state index < -0.39 is 16.0 Å². The Morgan fingerprint density at radius 1 is 1.08 bits per heavy atom. The Balaban J connectivity index is 1.92. The number of nitrogens with one attached hydrogen (secondary N) is 1. The lowest BCUT2D eigenvalue weighted by Crippen LogP contribution is -2.21. The quantitative estimate of drug-likeness (QED) is 0.725. The van der Waals surface area contributed by atoms with E-state index in [1.165, 1.54) is 31.5 Å². The molecule has 3 rings (SSSR count). The van der Waals surface area contributed by atoms with Crippen molar-refractivity contribution in [2.45, 2.75) is 0 Å². The summed E-state index contributed by atoms with van der Waals surface area (Å²) in [7, 11) is -2.47. The number of aromatic nitrogens is 1. The standard InChI is InChI=1S/C16H14FN3O4S/c1-23-14-7-6-12-13(8-9-19-16(12)15(14)17)24-11-4-2-10(3-5-11)20-25(18,21)22/h2-9,20H,1H3,(H2,18,21,22). The van der Waals surface area contributed by atoms with Gasteiger partial charge < -0.3 is 9.47 Å². The number of anilines is 1. The zero-order valence-electron chi connectivity index (χ0n) is 13.1. The van der Waals surface area contributed by atoms with Gasteiger partial charge in [-0.2, -0.15) is 8.42 Å². The van der Waals surface area contributed by atoms with E-state index in [0.29, 0.717) is 22.6 Å². The average Bonchev–Trinajstić information content (AvgIpc) is 2.56. The fraction of sp³-hybridized carbons (Fsp3) is 0.0625. The largest absolute Gasteiger partial charge is 0.494 e. The Morgan fingerprint density at radius 2 is 1.80 bits per heavy atom. The number of benzene rings is 2. The first kappa shape index (κ1) is 16.9. The fourth-order valence-electron chi connectivity index (χ4n) is 2.27. The maximum absolute atomic E-state index is 14.3. The monoisotopic (exact) mass is 363 g/mol. The number of rotatable bonds is 5. The minimum atomic E-state index is -3.84. The smallest absolute Gasteiger partial charge is 0.296 e. The molecule has 0 saturated heterocycles. The molecule has 0 aliphatic rings. The molecule has 0 unspecified atom stereocenters. The molecule has 0 aliphatic carbocycles.